The zero-order chi connectivity index (χ0) is 32.4. The van der Waals surface area contributed by atoms with Crippen molar-refractivity contribution in [2.75, 3.05) is 32.2 Å². The van der Waals surface area contributed by atoms with E-state index in [1.807, 2.05) is 0 Å². The molecule has 20 heteroatoms. The minimum absolute atomic E-state index is 0.130. The van der Waals surface area contributed by atoms with Crippen LogP contribution in [0.4, 0.5) is 20.2 Å². The van der Waals surface area contributed by atoms with Gasteiger partial charge in [0.2, 0.25) is 19.7 Å². The van der Waals surface area contributed by atoms with Crippen molar-refractivity contribution < 1.29 is 57.8 Å². The fraction of sp³-hybridized carbons (Fsp3) is 0.455. The van der Waals surface area contributed by atoms with E-state index < -0.39 is 55.2 Å². The highest BCUT2D eigenvalue weighted by molar-refractivity contribution is 7.98. The summed E-state index contributed by atoms with van der Waals surface area (Å²) in [6.07, 6.45) is 0. The SMILES string of the molecule is CCOP(=O)(OCC)C(F)S(=O)(=O)c1ccc(N)cc1.CCOP(=O)(OCC)C(F)S(=O)(=O)c1ccc([N+](=O)[O-])cc1. The van der Waals surface area contributed by atoms with Crippen LogP contribution >= 0.6 is 15.2 Å². The van der Waals surface area contributed by atoms with Gasteiger partial charge in [-0.3, -0.25) is 19.2 Å². The Morgan fingerprint density at radius 2 is 1.00 bits per heavy atom. The molecule has 2 aromatic carbocycles. The van der Waals surface area contributed by atoms with E-state index in [2.05, 4.69) is 9.05 Å². The molecule has 0 radical (unpaired) electrons. The van der Waals surface area contributed by atoms with E-state index >= 15 is 0 Å². The summed E-state index contributed by atoms with van der Waals surface area (Å²) < 4.78 is 120. The summed E-state index contributed by atoms with van der Waals surface area (Å²) in [5, 5.41) is 4.83. The lowest BCUT2D eigenvalue weighted by Crippen LogP contribution is -2.20. The third kappa shape index (κ3) is 9.35. The van der Waals surface area contributed by atoms with Gasteiger partial charge in [0, 0.05) is 17.8 Å². The molecule has 0 heterocycles. The van der Waals surface area contributed by atoms with Crippen molar-refractivity contribution in [3.05, 3.63) is 58.6 Å². The van der Waals surface area contributed by atoms with E-state index in [0.717, 1.165) is 36.4 Å². The van der Waals surface area contributed by atoms with Crippen LogP contribution in [-0.2, 0) is 46.9 Å². The van der Waals surface area contributed by atoms with Crippen LogP contribution in [0, 0.1) is 10.1 Å². The van der Waals surface area contributed by atoms with Crippen molar-refractivity contribution in [3.8, 4) is 0 Å². The lowest BCUT2D eigenvalue weighted by molar-refractivity contribution is -0.384. The second-order valence-electron chi connectivity index (χ2n) is 7.75. The number of anilines is 1. The van der Waals surface area contributed by atoms with Gasteiger partial charge in [-0.05, 0) is 64.1 Å². The first kappa shape index (κ1) is 37.7. The molecule has 0 saturated carbocycles. The number of sulfone groups is 2. The van der Waals surface area contributed by atoms with Gasteiger partial charge in [-0.25, -0.2) is 25.6 Å². The molecule has 0 bridgehead atoms. The van der Waals surface area contributed by atoms with Crippen molar-refractivity contribution in [1.29, 1.82) is 0 Å². The zero-order valence-electron chi connectivity index (χ0n) is 23.0. The number of alkyl halides is 2. The van der Waals surface area contributed by atoms with E-state index in [1.54, 1.807) is 0 Å². The summed E-state index contributed by atoms with van der Waals surface area (Å²) >= 11 is 0. The van der Waals surface area contributed by atoms with Gasteiger partial charge in [0.05, 0.1) is 41.1 Å². The van der Waals surface area contributed by atoms with Crippen LogP contribution in [0.15, 0.2) is 58.3 Å². The van der Waals surface area contributed by atoms with Crippen LogP contribution in [0.2, 0.25) is 0 Å². The number of nitrogens with two attached hydrogens (primary N) is 1. The minimum Gasteiger partial charge on any atom is -0.399 e. The molecule has 2 aromatic rings. The Morgan fingerprint density at radius 3 is 1.26 bits per heavy atom. The van der Waals surface area contributed by atoms with Crippen molar-refractivity contribution >= 4 is 46.2 Å². The molecule has 2 rings (SSSR count). The average Bonchev–Trinajstić information content (AvgIpc) is 2.93. The Labute approximate surface area is 242 Å². The van der Waals surface area contributed by atoms with Gasteiger partial charge in [-0.15, -0.1) is 0 Å². The first-order chi connectivity index (χ1) is 19.5. The molecular formula is C22H32F2N2O12P2S2. The Kier molecular flexibility index (Phi) is 14.3. The van der Waals surface area contributed by atoms with E-state index in [4.69, 9.17) is 14.8 Å². The van der Waals surface area contributed by atoms with Gasteiger partial charge >= 0.3 is 25.7 Å². The number of halogens is 2. The predicted octanol–water partition coefficient (Wildman–Crippen LogP) is 5.45. The quantitative estimate of drug-likeness (QED) is 0.108. The molecule has 0 fully saturated rings. The summed E-state index contributed by atoms with van der Waals surface area (Å²) in [5.41, 5.74) is 5.41. The molecule has 14 nitrogen and oxygen atoms in total. The smallest absolute Gasteiger partial charge is 0.380 e. The van der Waals surface area contributed by atoms with Gasteiger partial charge in [-0.1, -0.05) is 0 Å². The summed E-state index contributed by atoms with van der Waals surface area (Å²) in [5.74, 6) is 0. The summed E-state index contributed by atoms with van der Waals surface area (Å²) in [6.45, 7) is 5.10. The first-order valence-electron chi connectivity index (χ1n) is 12.1. The molecule has 42 heavy (non-hydrogen) atoms. The Morgan fingerprint density at radius 1 is 0.714 bits per heavy atom. The molecule has 0 saturated heterocycles. The fourth-order valence-corrected chi connectivity index (χ4v) is 10.7. The molecule has 238 valence electrons. The highest BCUT2D eigenvalue weighted by Crippen LogP contribution is 2.57. The van der Waals surface area contributed by atoms with E-state index in [0.29, 0.717) is 5.69 Å². The van der Waals surface area contributed by atoms with Gasteiger partial charge < -0.3 is 23.8 Å². The van der Waals surface area contributed by atoms with Crippen LogP contribution in [0.1, 0.15) is 27.7 Å². The number of hydrogen-bond acceptors (Lipinski definition) is 13. The predicted molar refractivity (Wildman–Crippen MR) is 150 cm³/mol. The number of non-ortho nitro benzene ring substituents is 1. The Hall–Kier alpha value is -2.30. The van der Waals surface area contributed by atoms with Crippen LogP contribution in [0.5, 0.6) is 0 Å². The number of rotatable bonds is 15. The molecular weight excluding hydrogens is 648 g/mol. The maximum atomic E-state index is 14.3. The summed E-state index contributed by atoms with van der Waals surface area (Å²) in [7, 11) is -18.1. The lowest BCUT2D eigenvalue weighted by atomic mass is 10.3. The number of nitrogens with zero attached hydrogens (tertiary/aromatic N) is 1. The Bertz CT molecular complexity index is 1470. The second-order valence-corrected chi connectivity index (χ2v) is 16.5. The highest BCUT2D eigenvalue weighted by atomic mass is 32.2. The fourth-order valence-electron chi connectivity index (χ4n) is 3.01. The van der Waals surface area contributed by atoms with Gasteiger partial charge in [0.1, 0.15) is 0 Å². The topological polar surface area (TPSA) is 208 Å². The molecule has 0 amide bonds. The first-order valence-corrected chi connectivity index (χ1v) is 18.4. The molecule has 2 atom stereocenters. The van der Waals surface area contributed by atoms with Crippen LogP contribution < -0.4 is 5.73 Å². The summed E-state index contributed by atoms with van der Waals surface area (Å²) in [6, 6.07) is 8.44. The number of nitrogen functional groups attached to an aromatic ring is 1. The largest absolute Gasteiger partial charge is 0.399 e. The third-order valence-electron chi connectivity index (χ3n) is 4.83. The second kappa shape index (κ2) is 16.0. The van der Waals surface area contributed by atoms with Crippen LogP contribution in [-0.4, -0.2) is 58.7 Å². The monoisotopic (exact) mass is 680 g/mol. The van der Waals surface area contributed by atoms with Crippen molar-refractivity contribution in [3.63, 3.8) is 0 Å². The van der Waals surface area contributed by atoms with Crippen LogP contribution in [0.3, 0.4) is 0 Å². The van der Waals surface area contributed by atoms with Crippen molar-refractivity contribution in [2.24, 2.45) is 0 Å². The normalized spacial score (nSPS) is 14.0. The van der Waals surface area contributed by atoms with Gasteiger partial charge in [-0.2, -0.15) is 0 Å². The van der Waals surface area contributed by atoms with Crippen molar-refractivity contribution in [1.82, 2.24) is 0 Å². The standard InChI is InChI=1S/C11H15FNO7PS.C11H17FNO5PS/c1-3-19-21(16,20-4-2)11(12)22(17,18)10-7-5-9(6-8-10)13(14)15;1-3-17-19(14,18-4-2)11(12)20(15,16)10-7-5-9(13)6-8-10/h5-8,11H,3-4H2,1-2H3;5-8,11H,3-4,13H2,1-2H3. The molecule has 2 N–H and O–H groups in total. The lowest BCUT2D eigenvalue weighted by Gasteiger charge is -2.20. The minimum atomic E-state index is -4.69. The number of nitro groups is 1. The van der Waals surface area contributed by atoms with Gasteiger partial charge in [0.25, 0.3) is 5.69 Å². The zero-order valence-corrected chi connectivity index (χ0v) is 26.4. The number of benzene rings is 2. The maximum Gasteiger partial charge on any atom is 0.380 e. The number of nitro benzene ring substituents is 1. The molecule has 2 unspecified atom stereocenters. The van der Waals surface area contributed by atoms with E-state index in [-0.39, 0.29) is 37.0 Å². The number of hydrogen-bond donors (Lipinski definition) is 1. The van der Waals surface area contributed by atoms with Crippen LogP contribution in [0.25, 0.3) is 0 Å². The van der Waals surface area contributed by atoms with E-state index in [9.17, 15) is 44.9 Å². The molecule has 0 aromatic heterocycles. The molecule has 0 spiro atoms. The Balaban J connectivity index is 0.000000422. The highest BCUT2D eigenvalue weighted by Gasteiger charge is 2.47. The van der Waals surface area contributed by atoms with Gasteiger partial charge in [0.15, 0.2) is 0 Å². The molecule has 0 aliphatic carbocycles. The molecule has 0 aliphatic heterocycles. The van der Waals surface area contributed by atoms with E-state index in [1.165, 1.54) is 39.8 Å². The summed E-state index contributed by atoms with van der Waals surface area (Å²) in [4.78, 5) is 8.91. The maximum absolute atomic E-state index is 14.3. The average molecular weight is 681 g/mol. The molecule has 0 aliphatic rings. The van der Waals surface area contributed by atoms with Crippen molar-refractivity contribution in [2.45, 2.75) is 48.0 Å². The third-order valence-corrected chi connectivity index (χ3v) is 14.4.